The summed E-state index contributed by atoms with van der Waals surface area (Å²) in [6.07, 6.45) is 28.6. The Kier molecular flexibility index (Phi) is 20.3. The number of benzene rings is 4. The average molecular weight is 1220 g/mol. The lowest BCUT2D eigenvalue weighted by Gasteiger charge is -2.59. The van der Waals surface area contributed by atoms with Crippen LogP contribution in [0.15, 0.2) is 145 Å². The van der Waals surface area contributed by atoms with Crippen molar-refractivity contribution in [3.8, 4) is 0 Å². The van der Waals surface area contributed by atoms with E-state index in [9.17, 15) is 19.2 Å². The highest BCUT2D eigenvalue weighted by Crippen LogP contribution is 2.69. The summed E-state index contributed by atoms with van der Waals surface area (Å²) in [5, 5.41) is 6.76. The fourth-order valence-electron chi connectivity index (χ4n) is 21.3. The van der Waals surface area contributed by atoms with Crippen LogP contribution in [-0.4, -0.2) is 48.0 Å². The van der Waals surface area contributed by atoms with Gasteiger partial charge in [0.05, 0.1) is 23.2 Å². The van der Waals surface area contributed by atoms with Gasteiger partial charge in [0, 0.05) is 11.1 Å². The van der Waals surface area contributed by atoms with Crippen LogP contribution in [0.4, 0.5) is 0 Å². The maximum atomic E-state index is 13.6. The van der Waals surface area contributed by atoms with Gasteiger partial charge in [-0.1, -0.05) is 193 Å². The van der Waals surface area contributed by atoms with Crippen molar-refractivity contribution in [3.05, 3.63) is 167 Å². The molecule has 0 spiro atoms. The molecule has 8 nitrogen and oxygen atoms in total. The van der Waals surface area contributed by atoms with Crippen LogP contribution in [0.5, 0.6) is 0 Å². The molecule has 8 aliphatic carbocycles. The van der Waals surface area contributed by atoms with Gasteiger partial charge in [-0.15, -0.1) is 0 Å². The van der Waals surface area contributed by atoms with Crippen molar-refractivity contribution in [2.75, 3.05) is 0 Å². The van der Waals surface area contributed by atoms with E-state index in [0.717, 1.165) is 85.9 Å². The molecule has 0 radical (unpaired) electrons. The summed E-state index contributed by atoms with van der Waals surface area (Å²) < 4.78 is 12.5. The number of carbonyl (C=O) groups excluding carboxylic acids is 4. The molecule has 18 atom stereocenters. The Bertz CT molecular complexity index is 2950. The van der Waals surface area contributed by atoms with E-state index in [-0.39, 0.29) is 46.7 Å². The summed E-state index contributed by atoms with van der Waals surface area (Å²) in [4.78, 5) is 53.7. The third-order valence-corrected chi connectivity index (χ3v) is 25.9. The van der Waals surface area contributed by atoms with E-state index in [1.807, 2.05) is 97.1 Å². The summed E-state index contributed by atoms with van der Waals surface area (Å²) in [5.41, 5.74) is 5.84. The van der Waals surface area contributed by atoms with Gasteiger partial charge < -0.3 is 20.1 Å². The molecule has 6 saturated carbocycles. The SMILES string of the molecule is CC(C)CCC[C@@H](C)[C@H]1CC[C@H]2[C@@H]3CC=C4[C@@H](NC(=O)c5ccccc5)[C@@H](OC(=O)c5ccccc5)CC[C@]4(C)[C@H]3CC[C@]12C.CC(C)CCC[C@@H](C)[C@H]1CC[C@H]2[C@@H]3CC=C4[C@@H](NC(=O)c5ccccc5)[C@@H](OC(=O)c5ccccc5)CC[C@]4(C)[C@H]3CC[C@]12C. The van der Waals surface area contributed by atoms with E-state index in [2.05, 4.69) is 92.0 Å². The maximum Gasteiger partial charge on any atom is 0.338 e. The van der Waals surface area contributed by atoms with Crippen LogP contribution in [0.3, 0.4) is 0 Å². The Morgan fingerprint density at radius 1 is 0.422 bits per heavy atom. The third-order valence-electron chi connectivity index (χ3n) is 25.9. The van der Waals surface area contributed by atoms with Crippen molar-refractivity contribution in [2.45, 2.75) is 222 Å². The Morgan fingerprint density at radius 2 is 0.767 bits per heavy atom. The van der Waals surface area contributed by atoms with Crippen LogP contribution in [0, 0.1) is 92.7 Å². The lowest BCUT2D eigenvalue weighted by atomic mass is 9.46. The van der Waals surface area contributed by atoms with Crippen LogP contribution in [0.25, 0.3) is 0 Å². The molecule has 90 heavy (non-hydrogen) atoms. The molecular weight excluding hydrogens is 1110 g/mol. The Balaban J connectivity index is 0.000000185. The number of carbonyl (C=O) groups is 4. The minimum atomic E-state index is -0.391. The van der Waals surface area contributed by atoms with Gasteiger partial charge in [-0.25, -0.2) is 9.59 Å². The van der Waals surface area contributed by atoms with Crippen LogP contribution in [0.2, 0.25) is 0 Å². The molecule has 0 aliphatic heterocycles. The smallest absolute Gasteiger partial charge is 0.338 e. The van der Waals surface area contributed by atoms with Gasteiger partial charge in [-0.3, -0.25) is 9.59 Å². The second-order valence-corrected chi connectivity index (χ2v) is 31.8. The first-order chi connectivity index (χ1) is 43.2. The number of hydrogen-bond donors (Lipinski definition) is 2. The molecule has 0 aromatic heterocycles. The molecule has 0 unspecified atom stereocenters. The number of allylic oxidation sites excluding steroid dienone is 2. The number of hydrogen-bond acceptors (Lipinski definition) is 6. The first-order valence-corrected chi connectivity index (χ1v) is 35.9. The lowest BCUT2D eigenvalue weighted by molar-refractivity contribution is -0.0640. The molecule has 12 rings (SSSR count). The molecule has 484 valence electrons. The fourth-order valence-corrected chi connectivity index (χ4v) is 21.3. The highest BCUT2D eigenvalue weighted by molar-refractivity contribution is 5.95. The van der Waals surface area contributed by atoms with Crippen LogP contribution < -0.4 is 10.6 Å². The van der Waals surface area contributed by atoms with E-state index in [1.165, 1.54) is 101 Å². The molecule has 0 heterocycles. The predicted octanol–water partition coefficient (Wildman–Crippen LogP) is 19.3. The number of ether oxygens (including phenoxy) is 2. The molecule has 0 bridgehead atoms. The van der Waals surface area contributed by atoms with E-state index in [4.69, 9.17) is 9.47 Å². The zero-order valence-corrected chi connectivity index (χ0v) is 56.5. The zero-order valence-electron chi connectivity index (χ0n) is 56.5. The van der Waals surface area contributed by atoms with E-state index in [1.54, 1.807) is 24.3 Å². The number of nitrogens with one attached hydrogen (secondary N) is 2. The Hall–Kier alpha value is -5.76. The van der Waals surface area contributed by atoms with Gasteiger partial charge in [0.25, 0.3) is 11.8 Å². The van der Waals surface area contributed by atoms with Crippen molar-refractivity contribution in [2.24, 2.45) is 92.7 Å². The first-order valence-electron chi connectivity index (χ1n) is 35.9. The van der Waals surface area contributed by atoms with Gasteiger partial charge in [0.15, 0.2) is 0 Å². The highest BCUT2D eigenvalue weighted by Gasteiger charge is 2.63. The number of fused-ring (bicyclic) bond motifs is 10. The second-order valence-electron chi connectivity index (χ2n) is 31.8. The standard InChI is InChI=1S/2C41H55NO3/c2*1-27(2)13-12-14-28(3)32-21-22-33-31-19-20-35-37(42-38(43)29-15-8-6-9-16-29)36(45-39(44)30-17-10-7-11-18-30)24-26-41(35,5)34(31)23-25-40(32,33)4/h2*6-11,15-18,20,27-28,31-34,36-37H,12-14,19,21-26H2,1-5H3,(H,42,43)/t2*28-,31+,32-,33+,34+,36+,37-,40-,41-/m11/s1. The van der Waals surface area contributed by atoms with Crippen LogP contribution in [-0.2, 0) is 9.47 Å². The van der Waals surface area contributed by atoms with Gasteiger partial charge in [-0.05, 0) is 242 Å². The molecule has 4 aromatic carbocycles. The minimum absolute atomic E-state index is 0.00446. The van der Waals surface area contributed by atoms with Crippen molar-refractivity contribution < 1.29 is 28.7 Å². The molecule has 8 heteroatoms. The second kappa shape index (κ2) is 27.8. The topological polar surface area (TPSA) is 111 Å². The molecule has 4 aromatic rings. The van der Waals surface area contributed by atoms with Gasteiger partial charge in [0.2, 0.25) is 0 Å². The Labute approximate surface area is 541 Å². The normalized spacial score (nSPS) is 34.6. The molecular formula is C82H110N2O6. The van der Waals surface area contributed by atoms with E-state index < -0.39 is 12.2 Å². The summed E-state index contributed by atoms with van der Waals surface area (Å²) in [5.74, 6) is 8.16. The molecule has 0 saturated heterocycles. The number of amides is 2. The summed E-state index contributed by atoms with van der Waals surface area (Å²) >= 11 is 0. The average Bonchev–Trinajstić information content (AvgIpc) is 1.20. The lowest BCUT2D eigenvalue weighted by Crippen LogP contribution is -2.58. The number of esters is 2. The summed E-state index contributed by atoms with van der Waals surface area (Å²) in [7, 11) is 0. The molecule has 8 aliphatic rings. The molecule has 2 amide bonds. The van der Waals surface area contributed by atoms with Gasteiger partial charge in [-0.2, -0.15) is 0 Å². The first kappa shape index (κ1) is 65.7. The van der Waals surface area contributed by atoms with Crippen LogP contribution >= 0.6 is 0 Å². The maximum absolute atomic E-state index is 13.6. The van der Waals surface area contributed by atoms with E-state index in [0.29, 0.717) is 56.8 Å². The van der Waals surface area contributed by atoms with Gasteiger partial charge in [0.1, 0.15) is 12.2 Å². The zero-order chi connectivity index (χ0) is 63.5. The largest absolute Gasteiger partial charge is 0.456 e. The predicted molar refractivity (Wildman–Crippen MR) is 364 cm³/mol. The highest BCUT2D eigenvalue weighted by atomic mass is 16.5. The summed E-state index contributed by atoms with van der Waals surface area (Å²) in [6.45, 7) is 24.7. The monoisotopic (exact) mass is 1220 g/mol. The van der Waals surface area contributed by atoms with Crippen molar-refractivity contribution >= 4 is 23.8 Å². The Morgan fingerprint density at radius 3 is 1.11 bits per heavy atom. The number of rotatable bonds is 18. The van der Waals surface area contributed by atoms with Crippen molar-refractivity contribution in [1.82, 2.24) is 10.6 Å². The van der Waals surface area contributed by atoms with Crippen molar-refractivity contribution in [1.29, 1.82) is 0 Å². The van der Waals surface area contributed by atoms with E-state index >= 15 is 0 Å². The summed E-state index contributed by atoms with van der Waals surface area (Å²) in [6, 6.07) is 36.7. The quantitative estimate of drug-likeness (QED) is 0.0758. The van der Waals surface area contributed by atoms with Gasteiger partial charge >= 0.3 is 11.9 Å². The van der Waals surface area contributed by atoms with Crippen molar-refractivity contribution in [3.63, 3.8) is 0 Å². The molecule has 6 fully saturated rings. The third kappa shape index (κ3) is 13.3. The van der Waals surface area contributed by atoms with Crippen LogP contribution in [0.1, 0.15) is 239 Å². The molecule has 2 N–H and O–H groups in total. The fraction of sp³-hybridized carbons (Fsp3) is 0.610. The minimum Gasteiger partial charge on any atom is -0.456 e.